The summed E-state index contributed by atoms with van der Waals surface area (Å²) in [4.78, 5) is 19.7. The summed E-state index contributed by atoms with van der Waals surface area (Å²) < 4.78 is 71.8. The third kappa shape index (κ3) is 3.83. The molecule has 0 spiro atoms. The van der Waals surface area contributed by atoms with Crippen molar-refractivity contribution in [1.29, 1.82) is 0 Å². The first-order chi connectivity index (χ1) is 13.6. The van der Waals surface area contributed by atoms with Gasteiger partial charge in [-0.05, 0) is 29.8 Å². The molecule has 2 heterocycles. The van der Waals surface area contributed by atoms with Gasteiger partial charge >= 0.3 is 0 Å². The molecule has 0 bridgehead atoms. The smallest absolute Gasteiger partial charge is 0.280 e. The van der Waals surface area contributed by atoms with Gasteiger partial charge in [0.25, 0.3) is 5.92 Å². The van der Waals surface area contributed by atoms with Gasteiger partial charge in [-0.1, -0.05) is 11.6 Å². The van der Waals surface area contributed by atoms with Crippen molar-refractivity contribution in [2.45, 2.75) is 30.7 Å². The summed E-state index contributed by atoms with van der Waals surface area (Å²) in [5.74, 6) is -7.86. The van der Waals surface area contributed by atoms with E-state index in [-0.39, 0.29) is 28.5 Å². The molecule has 0 saturated heterocycles. The van der Waals surface area contributed by atoms with E-state index in [1.807, 2.05) is 0 Å². The van der Waals surface area contributed by atoms with Crippen LogP contribution in [0, 0.1) is 11.6 Å². The number of nitrogens with two attached hydrogens (primary N) is 1. The predicted molar refractivity (Wildman–Crippen MR) is 97.1 cm³/mol. The van der Waals surface area contributed by atoms with Crippen molar-refractivity contribution in [2.75, 3.05) is 6.67 Å². The number of carbonyl (C=O) groups excluding carboxylic acids is 1. The second-order valence-electron chi connectivity index (χ2n) is 6.70. The molecule has 2 N–H and O–H groups in total. The average molecular weight is 432 g/mol. The van der Waals surface area contributed by atoms with E-state index in [4.69, 9.17) is 17.3 Å². The summed E-state index contributed by atoms with van der Waals surface area (Å²) >= 11 is 5.70. The molecular weight excluding hydrogens is 417 g/mol. The molecule has 0 unspecified atom stereocenters. The number of rotatable bonds is 5. The molecule has 1 atom stereocenters. The summed E-state index contributed by atoms with van der Waals surface area (Å²) in [5, 5.41) is 0.288. The molecule has 1 aliphatic heterocycles. The summed E-state index contributed by atoms with van der Waals surface area (Å²) in [6, 6.07) is 4.25. The number of nitrogens with zero attached hydrogens (tertiary/aromatic N) is 2. The molecule has 0 saturated carbocycles. The van der Waals surface area contributed by atoms with Gasteiger partial charge in [0.15, 0.2) is 23.0 Å². The molecule has 0 amide bonds. The van der Waals surface area contributed by atoms with E-state index in [0.717, 1.165) is 6.07 Å². The van der Waals surface area contributed by atoms with Gasteiger partial charge < -0.3 is 5.73 Å². The Balaban J connectivity index is 2.07. The molecule has 0 fully saturated rings. The quantitative estimate of drug-likeness (QED) is 0.564. The van der Waals surface area contributed by atoms with E-state index < -0.39 is 54.0 Å². The van der Waals surface area contributed by atoms with Crippen molar-refractivity contribution < 1.29 is 26.7 Å². The third-order valence-electron chi connectivity index (χ3n) is 4.74. The van der Waals surface area contributed by atoms with Crippen LogP contribution in [0.1, 0.15) is 34.5 Å². The molecule has 10 heteroatoms. The van der Waals surface area contributed by atoms with Gasteiger partial charge in [0.2, 0.25) is 0 Å². The van der Waals surface area contributed by atoms with Crippen LogP contribution in [0.2, 0.25) is 5.02 Å². The Kier molecular flexibility index (Phi) is 5.62. The van der Waals surface area contributed by atoms with Gasteiger partial charge in [0, 0.05) is 31.0 Å². The number of aromatic nitrogens is 1. The Morgan fingerprint density at radius 1 is 1.24 bits per heavy atom. The van der Waals surface area contributed by atoms with E-state index in [1.165, 1.54) is 18.3 Å². The first kappa shape index (κ1) is 21.2. The number of pyridine rings is 1. The van der Waals surface area contributed by atoms with Crippen LogP contribution in [-0.2, 0) is 12.0 Å². The molecule has 29 heavy (non-hydrogen) atoms. The fourth-order valence-corrected chi connectivity index (χ4v) is 3.31. The van der Waals surface area contributed by atoms with Crippen molar-refractivity contribution >= 4 is 23.2 Å². The highest BCUT2D eigenvalue weighted by atomic mass is 35.5. The minimum atomic E-state index is -3.81. The molecule has 1 aromatic heterocycles. The monoisotopic (exact) mass is 431 g/mol. The Morgan fingerprint density at radius 2 is 1.97 bits per heavy atom. The minimum absolute atomic E-state index is 0.00819. The van der Waals surface area contributed by atoms with Crippen LogP contribution in [0.15, 0.2) is 35.5 Å². The van der Waals surface area contributed by atoms with Crippen LogP contribution in [0.25, 0.3) is 0 Å². The lowest BCUT2D eigenvalue weighted by Gasteiger charge is -2.39. The largest absolute Gasteiger partial charge is 0.387 e. The number of aliphatic imine (C=N–C) groups is 1. The highest BCUT2D eigenvalue weighted by Crippen LogP contribution is 2.48. The van der Waals surface area contributed by atoms with Crippen LogP contribution in [-0.4, -0.2) is 29.2 Å². The Hall–Kier alpha value is -2.55. The van der Waals surface area contributed by atoms with Crippen molar-refractivity contribution in [2.24, 2.45) is 10.7 Å². The minimum Gasteiger partial charge on any atom is -0.387 e. The first-order valence-electron chi connectivity index (χ1n) is 8.51. The Morgan fingerprint density at radius 3 is 2.59 bits per heavy atom. The van der Waals surface area contributed by atoms with Crippen molar-refractivity contribution in [3.63, 3.8) is 0 Å². The normalized spacial score (nSPS) is 21.0. The van der Waals surface area contributed by atoms with E-state index in [9.17, 15) is 26.7 Å². The SMILES string of the molecule is NC1=N[C@](CF)(c2cc(CC(=O)c3ccc(Cl)cn3)cc(F)c2F)C(F)(F)CC1. The maximum Gasteiger partial charge on any atom is 0.280 e. The second kappa shape index (κ2) is 7.70. The van der Waals surface area contributed by atoms with Crippen molar-refractivity contribution in [1.82, 2.24) is 4.98 Å². The van der Waals surface area contributed by atoms with Crippen LogP contribution < -0.4 is 5.73 Å². The van der Waals surface area contributed by atoms with Crippen LogP contribution >= 0.6 is 11.6 Å². The number of alkyl halides is 3. The summed E-state index contributed by atoms with van der Waals surface area (Å²) in [5.41, 5.74) is 1.37. The van der Waals surface area contributed by atoms with Gasteiger partial charge in [0.1, 0.15) is 12.4 Å². The average Bonchev–Trinajstić information content (AvgIpc) is 2.67. The molecule has 1 aromatic carbocycles. The molecule has 154 valence electrons. The van der Waals surface area contributed by atoms with Gasteiger partial charge in [-0.15, -0.1) is 0 Å². The summed E-state index contributed by atoms with van der Waals surface area (Å²) in [6.07, 6.45) is -0.431. The zero-order valence-electron chi connectivity index (χ0n) is 14.9. The van der Waals surface area contributed by atoms with Crippen LogP contribution in [0.5, 0.6) is 0 Å². The van der Waals surface area contributed by atoms with Crippen molar-refractivity contribution in [3.05, 3.63) is 63.9 Å². The molecule has 3 rings (SSSR count). The first-order valence-corrected chi connectivity index (χ1v) is 8.88. The van der Waals surface area contributed by atoms with Gasteiger partial charge in [-0.3, -0.25) is 14.8 Å². The lowest BCUT2D eigenvalue weighted by atomic mass is 9.79. The Labute approximate surface area is 167 Å². The fraction of sp³-hybridized carbons (Fsp3) is 0.316. The number of hydrogen-bond donors (Lipinski definition) is 1. The maximum absolute atomic E-state index is 14.6. The topological polar surface area (TPSA) is 68.3 Å². The van der Waals surface area contributed by atoms with E-state index in [2.05, 4.69) is 9.98 Å². The second-order valence-corrected chi connectivity index (χ2v) is 7.14. The number of benzene rings is 1. The predicted octanol–water partition coefficient (Wildman–Crippen LogP) is 4.39. The zero-order chi connectivity index (χ0) is 21.4. The highest BCUT2D eigenvalue weighted by molar-refractivity contribution is 6.30. The van der Waals surface area contributed by atoms with Crippen LogP contribution in [0.4, 0.5) is 22.0 Å². The lowest BCUT2D eigenvalue weighted by Crippen LogP contribution is -2.51. The number of hydrogen-bond acceptors (Lipinski definition) is 4. The molecule has 1 aliphatic rings. The number of ketones is 1. The standard InChI is InChI=1S/C19H15ClF5N3O/c20-11-1-2-14(27-8-11)15(29)7-10-5-12(17(23)13(22)6-10)18(9-21)19(24,25)4-3-16(26)28-18/h1-2,5-6,8H,3-4,7,9H2,(H2,26,28)/t18-/m1/s1. The number of carbonyl (C=O) groups is 1. The molecular formula is C19H15ClF5N3O. The third-order valence-corrected chi connectivity index (χ3v) is 4.96. The zero-order valence-corrected chi connectivity index (χ0v) is 15.6. The van der Waals surface area contributed by atoms with E-state index in [1.54, 1.807) is 0 Å². The summed E-state index contributed by atoms with van der Waals surface area (Å²) in [6.45, 7) is -1.80. The van der Waals surface area contributed by atoms with Crippen molar-refractivity contribution in [3.8, 4) is 0 Å². The van der Waals surface area contributed by atoms with Gasteiger partial charge in [-0.25, -0.2) is 22.0 Å². The molecule has 0 radical (unpaired) electrons. The fourth-order valence-electron chi connectivity index (χ4n) is 3.20. The summed E-state index contributed by atoms with van der Waals surface area (Å²) in [7, 11) is 0. The highest BCUT2D eigenvalue weighted by Gasteiger charge is 2.58. The lowest BCUT2D eigenvalue weighted by molar-refractivity contribution is -0.0961. The molecule has 4 nitrogen and oxygen atoms in total. The number of amidine groups is 1. The molecule has 2 aromatic rings. The van der Waals surface area contributed by atoms with E-state index >= 15 is 0 Å². The van der Waals surface area contributed by atoms with Gasteiger partial charge in [0.05, 0.1) is 10.9 Å². The van der Waals surface area contributed by atoms with E-state index in [0.29, 0.717) is 6.07 Å². The van der Waals surface area contributed by atoms with Crippen LogP contribution in [0.3, 0.4) is 0 Å². The van der Waals surface area contributed by atoms with Gasteiger partial charge in [-0.2, -0.15) is 0 Å². The maximum atomic E-state index is 14.6. The number of halogens is 6. The Bertz CT molecular complexity index is 981. The molecule has 0 aliphatic carbocycles. The number of Topliss-reactive ketones (excluding diaryl/α,β-unsaturated/α-hetero) is 1.